The van der Waals surface area contributed by atoms with Crippen LogP contribution in [0.4, 0.5) is 0 Å². The van der Waals surface area contributed by atoms with Gasteiger partial charge in [0.1, 0.15) is 0 Å². The zero-order valence-corrected chi connectivity index (χ0v) is 12.2. The molecule has 0 aliphatic heterocycles. The largest absolute Gasteiger partial charge is 0.394 e. The molecule has 2 N–H and O–H groups in total. The van der Waals surface area contributed by atoms with E-state index < -0.39 is 0 Å². The topological polar surface area (TPSA) is 45.2 Å². The lowest BCUT2D eigenvalue weighted by Gasteiger charge is -2.38. The molecule has 0 aromatic carbocycles. The number of hydrogen-bond acceptors (Lipinski definition) is 4. The van der Waals surface area contributed by atoms with Crippen molar-refractivity contribution < 1.29 is 5.11 Å². The summed E-state index contributed by atoms with van der Waals surface area (Å²) in [4.78, 5) is 5.65. The SMILES string of the molecule is CCc1ncc(CNC2(CO)CCC(C)CC2)s1. The standard InChI is InChI=1S/C14H24N2OS/c1-3-13-15-8-12(18-13)9-16-14(10-17)6-4-11(2)5-7-14/h8,11,16-17H,3-7,9-10H2,1-2H3. The van der Waals surface area contributed by atoms with Crippen molar-refractivity contribution in [3.63, 3.8) is 0 Å². The summed E-state index contributed by atoms with van der Waals surface area (Å²) in [6.45, 7) is 5.53. The van der Waals surface area contributed by atoms with Crippen LogP contribution in [0.2, 0.25) is 0 Å². The second kappa shape index (κ2) is 6.13. The highest BCUT2D eigenvalue weighted by Gasteiger charge is 2.33. The molecular weight excluding hydrogens is 244 g/mol. The van der Waals surface area contributed by atoms with Crippen LogP contribution in [0.3, 0.4) is 0 Å². The van der Waals surface area contributed by atoms with E-state index in [0.717, 1.165) is 31.7 Å². The Labute approximate surface area is 114 Å². The summed E-state index contributed by atoms with van der Waals surface area (Å²) in [5.74, 6) is 0.807. The van der Waals surface area contributed by atoms with Crippen LogP contribution < -0.4 is 5.32 Å². The molecular formula is C14H24N2OS. The first kappa shape index (κ1) is 14.0. The Bertz CT molecular complexity index is 370. The molecule has 1 aliphatic carbocycles. The summed E-state index contributed by atoms with van der Waals surface area (Å²) in [6, 6.07) is 0. The minimum atomic E-state index is -0.0527. The summed E-state index contributed by atoms with van der Waals surface area (Å²) in [6.07, 6.45) is 7.58. The van der Waals surface area contributed by atoms with E-state index in [0.29, 0.717) is 0 Å². The van der Waals surface area contributed by atoms with Crippen LogP contribution in [0.25, 0.3) is 0 Å². The van der Waals surface area contributed by atoms with Crippen LogP contribution in [0.15, 0.2) is 6.20 Å². The zero-order chi connectivity index (χ0) is 13.0. The molecule has 1 saturated carbocycles. The number of nitrogens with one attached hydrogen (secondary N) is 1. The van der Waals surface area contributed by atoms with E-state index in [2.05, 4.69) is 24.1 Å². The Kier molecular flexibility index (Phi) is 4.76. The summed E-state index contributed by atoms with van der Waals surface area (Å²) in [5.41, 5.74) is -0.0527. The monoisotopic (exact) mass is 268 g/mol. The van der Waals surface area contributed by atoms with Gasteiger partial charge in [0, 0.05) is 23.2 Å². The molecule has 1 aliphatic rings. The molecule has 102 valence electrons. The average molecular weight is 268 g/mol. The minimum Gasteiger partial charge on any atom is -0.394 e. The Morgan fingerprint density at radius 3 is 2.78 bits per heavy atom. The highest BCUT2D eigenvalue weighted by Crippen LogP contribution is 2.32. The van der Waals surface area contributed by atoms with Crippen LogP contribution >= 0.6 is 11.3 Å². The van der Waals surface area contributed by atoms with Gasteiger partial charge in [-0.25, -0.2) is 4.98 Å². The lowest BCUT2D eigenvalue weighted by molar-refractivity contribution is 0.104. The fourth-order valence-corrected chi connectivity index (χ4v) is 3.38. The van der Waals surface area contributed by atoms with E-state index in [-0.39, 0.29) is 12.1 Å². The van der Waals surface area contributed by atoms with Crippen molar-refractivity contribution in [2.24, 2.45) is 5.92 Å². The second-order valence-electron chi connectivity index (χ2n) is 5.55. The Hall–Kier alpha value is -0.450. The molecule has 0 spiro atoms. The average Bonchev–Trinajstić information content (AvgIpc) is 2.87. The molecule has 0 radical (unpaired) electrons. The Morgan fingerprint density at radius 1 is 1.50 bits per heavy atom. The molecule has 2 rings (SSSR count). The number of aliphatic hydroxyl groups excluding tert-OH is 1. The third kappa shape index (κ3) is 3.31. The van der Waals surface area contributed by atoms with Gasteiger partial charge in [-0.1, -0.05) is 13.8 Å². The van der Waals surface area contributed by atoms with Gasteiger partial charge in [0.25, 0.3) is 0 Å². The van der Waals surface area contributed by atoms with Crippen molar-refractivity contribution in [3.05, 3.63) is 16.1 Å². The van der Waals surface area contributed by atoms with Gasteiger partial charge in [-0.05, 0) is 38.0 Å². The summed E-state index contributed by atoms with van der Waals surface area (Å²) in [5, 5.41) is 14.5. The number of hydrogen-bond donors (Lipinski definition) is 2. The molecule has 0 bridgehead atoms. The van der Waals surface area contributed by atoms with Crippen molar-refractivity contribution in [1.29, 1.82) is 0 Å². The summed E-state index contributed by atoms with van der Waals surface area (Å²) < 4.78 is 0. The van der Waals surface area contributed by atoms with E-state index in [1.165, 1.54) is 22.7 Å². The quantitative estimate of drug-likeness (QED) is 0.863. The third-order valence-electron chi connectivity index (χ3n) is 4.08. The second-order valence-corrected chi connectivity index (χ2v) is 6.75. The van der Waals surface area contributed by atoms with Gasteiger partial charge in [-0.3, -0.25) is 0 Å². The van der Waals surface area contributed by atoms with Crippen LogP contribution in [0, 0.1) is 5.92 Å². The first-order chi connectivity index (χ1) is 8.67. The minimum absolute atomic E-state index is 0.0527. The molecule has 0 amide bonds. The van der Waals surface area contributed by atoms with Gasteiger partial charge in [0.15, 0.2) is 0 Å². The fourth-order valence-electron chi connectivity index (χ4n) is 2.57. The predicted octanol–water partition coefficient (Wildman–Crippen LogP) is 2.74. The lowest BCUT2D eigenvalue weighted by Crippen LogP contribution is -2.50. The maximum Gasteiger partial charge on any atom is 0.0925 e. The third-order valence-corrected chi connectivity index (χ3v) is 5.22. The van der Waals surface area contributed by atoms with Crippen LogP contribution in [-0.2, 0) is 13.0 Å². The number of rotatable bonds is 5. The zero-order valence-electron chi connectivity index (χ0n) is 11.4. The van der Waals surface area contributed by atoms with E-state index in [1.807, 2.05) is 6.20 Å². The molecule has 0 atom stereocenters. The highest BCUT2D eigenvalue weighted by molar-refractivity contribution is 7.11. The van der Waals surface area contributed by atoms with Crippen molar-refractivity contribution in [1.82, 2.24) is 10.3 Å². The molecule has 3 nitrogen and oxygen atoms in total. The number of aliphatic hydroxyl groups is 1. The number of aryl methyl sites for hydroxylation is 1. The van der Waals surface area contributed by atoms with Crippen molar-refractivity contribution in [2.75, 3.05) is 6.61 Å². The number of nitrogens with zero attached hydrogens (tertiary/aromatic N) is 1. The molecule has 1 aromatic rings. The van der Waals surface area contributed by atoms with E-state index in [9.17, 15) is 5.11 Å². The van der Waals surface area contributed by atoms with Crippen LogP contribution in [-0.4, -0.2) is 22.2 Å². The summed E-state index contributed by atoms with van der Waals surface area (Å²) >= 11 is 1.78. The normalized spacial score (nSPS) is 28.5. The summed E-state index contributed by atoms with van der Waals surface area (Å²) in [7, 11) is 0. The van der Waals surface area contributed by atoms with E-state index >= 15 is 0 Å². The van der Waals surface area contributed by atoms with Crippen molar-refractivity contribution >= 4 is 11.3 Å². The highest BCUT2D eigenvalue weighted by atomic mass is 32.1. The maximum atomic E-state index is 9.68. The Balaban J connectivity index is 1.90. The smallest absolute Gasteiger partial charge is 0.0925 e. The first-order valence-corrected chi connectivity index (χ1v) is 7.78. The Morgan fingerprint density at radius 2 is 2.22 bits per heavy atom. The van der Waals surface area contributed by atoms with Crippen molar-refractivity contribution in [2.45, 2.75) is 58.0 Å². The van der Waals surface area contributed by atoms with Gasteiger partial charge in [0.05, 0.1) is 11.6 Å². The van der Waals surface area contributed by atoms with Gasteiger partial charge in [0.2, 0.25) is 0 Å². The van der Waals surface area contributed by atoms with Crippen molar-refractivity contribution in [3.8, 4) is 0 Å². The molecule has 0 unspecified atom stereocenters. The van der Waals surface area contributed by atoms with Crippen LogP contribution in [0.1, 0.15) is 49.4 Å². The number of aromatic nitrogens is 1. The predicted molar refractivity (Wildman–Crippen MR) is 75.8 cm³/mol. The molecule has 1 heterocycles. The maximum absolute atomic E-state index is 9.68. The fraction of sp³-hybridized carbons (Fsp3) is 0.786. The van der Waals surface area contributed by atoms with E-state index in [1.54, 1.807) is 11.3 Å². The first-order valence-electron chi connectivity index (χ1n) is 6.97. The molecule has 4 heteroatoms. The molecule has 1 aromatic heterocycles. The molecule has 0 saturated heterocycles. The number of thiazole rings is 1. The van der Waals surface area contributed by atoms with Gasteiger partial charge in [-0.2, -0.15) is 0 Å². The van der Waals surface area contributed by atoms with Crippen LogP contribution in [0.5, 0.6) is 0 Å². The van der Waals surface area contributed by atoms with E-state index in [4.69, 9.17) is 0 Å². The molecule has 1 fully saturated rings. The van der Waals surface area contributed by atoms with Gasteiger partial charge >= 0.3 is 0 Å². The van der Waals surface area contributed by atoms with Gasteiger partial charge < -0.3 is 10.4 Å². The molecule has 18 heavy (non-hydrogen) atoms. The lowest BCUT2D eigenvalue weighted by atomic mass is 9.77. The van der Waals surface area contributed by atoms with Gasteiger partial charge in [-0.15, -0.1) is 11.3 Å².